The van der Waals surface area contributed by atoms with Crippen LogP contribution in [0.5, 0.6) is 11.5 Å². The van der Waals surface area contributed by atoms with Crippen LogP contribution >= 0.6 is 0 Å². The highest BCUT2D eigenvalue weighted by atomic mass is 16.7. The largest absolute Gasteiger partial charge is 0.454 e. The Morgan fingerprint density at radius 3 is 3.08 bits per heavy atom. The fourth-order valence-corrected chi connectivity index (χ4v) is 4.47. The molecule has 1 aromatic heterocycles. The number of H-pyrrole nitrogens is 1. The average Bonchev–Trinajstić information content (AvgIpc) is 3.35. The average molecular weight is 356 g/mol. The molecule has 0 bridgehead atoms. The molecular weight excluding hydrogens is 332 g/mol. The number of aromatic nitrogens is 3. The first-order valence-corrected chi connectivity index (χ1v) is 9.35. The molecule has 5 rings (SSSR count). The van der Waals surface area contributed by atoms with Gasteiger partial charge in [0.2, 0.25) is 6.79 Å². The standard InChI is InChI=1S/C19H24N4O3/c1-12-20-19(22-21-12)7-17-15-4-5-23(9-14(15)10-24-17)8-13-2-3-16-18(6-13)26-11-25-16/h2-3,6,14-15,17H,4-5,7-11H2,1H3,(H,20,21,22)/t14-,15-,17+/m1/s1. The highest BCUT2D eigenvalue weighted by Gasteiger charge is 2.41. The van der Waals surface area contributed by atoms with Crippen molar-refractivity contribution < 1.29 is 14.2 Å². The fraction of sp³-hybridized carbons (Fsp3) is 0.579. The Morgan fingerprint density at radius 2 is 2.19 bits per heavy atom. The molecule has 2 fully saturated rings. The summed E-state index contributed by atoms with van der Waals surface area (Å²) in [6.45, 7) is 6.24. The molecule has 0 aliphatic carbocycles. The van der Waals surface area contributed by atoms with E-state index in [0.29, 0.717) is 18.6 Å². The Bertz CT molecular complexity index is 793. The molecule has 3 aliphatic heterocycles. The number of aryl methyl sites for hydroxylation is 1. The van der Waals surface area contributed by atoms with Crippen LogP contribution in [0.4, 0.5) is 0 Å². The van der Waals surface area contributed by atoms with E-state index in [-0.39, 0.29) is 6.10 Å². The molecule has 0 radical (unpaired) electrons. The van der Waals surface area contributed by atoms with Crippen LogP contribution in [-0.4, -0.2) is 52.7 Å². The second-order valence-corrected chi connectivity index (χ2v) is 7.55. The van der Waals surface area contributed by atoms with E-state index in [4.69, 9.17) is 14.2 Å². The monoisotopic (exact) mass is 356 g/mol. The summed E-state index contributed by atoms with van der Waals surface area (Å²) >= 11 is 0. The minimum atomic E-state index is 0.253. The molecule has 7 heteroatoms. The zero-order valence-corrected chi connectivity index (χ0v) is 15.0. The first-order chi connectivity index (χ1) is 12.7. The van der Waals surface area contributed by atoms with E-state index in [2.05, 4.69) is 32.2 Å². The number of hydrogen-bond acceptors (Lipinski definition) is 6. The summed E-state index contributed by atoms with van der Waals surface area (Å²) in [6, 6.07) is 6.26. The number of rotatable bonds is 4. The molecule has 3 aliphatic rings. The third kappa shape index (κ3) is 3.05. The minimum absolute atomic E-state index is 0.253. The number of benzene rings is 1. The van der Waals surface area contributed by atoms with E-state index in [1.165, 1.54) is 12.0 Å². The van der Waals surface area contributed by atoms with Gasteiger partial charge in [0.05, 0.1) is 12.7 Å². The quantitative estimate of drug-likeness (QED) is 0.902. The Hall–Kier alpha value is -2.12. The molecule has 138 valence electrons. The predicted octanol–water partition coefficient (Wildman–Crippen LogP) is 1.92. The van der Waals surface area contributed by atoms with Crippen molar-refractivity contribution in [3.8, 4) is 11.5 Å². The van der Waals surface area contributed by atoms with Crippen LogP contribution in [0.15, 0.2) is 18.2 Å². The van der Waals surface area contributed by atoms with E-state index in [1.807, 2.05) is 13.0 Å². The third-order valence-corrected chi connectivity index (χ3v) is 5.75. The molecular formula is C19H24N4O3. The highest BCUT2D eigenvalue weighted by Crippen LogP contribution is 2.37. The van der Waals surface area contributed by atoms with Gasteiger partial charge in [0, 0.05) is 25.4 Å². The number of fused-ring (bicyclic) bond motifs is 2. The van der Waals surface area contributed by atoms with Crippen molar-refractivity contribution >= 4 is 0 Å². The Kier molecular flexibility index (Phi) is 4.05. The Balaban J connectivity index is 1.20. The van der Waals surface area contributed by atoms with Crippen LogP contribution < -0.4 is 9.47 Å². The third-order valence-electron chi connectivity index (χ3n) is 5.75. The van der Waals surface area contributed by atoms with Gasteiger partial charge in [0.15, 0.2) is 17.3 Å². The summed E-state index contributed by atoms with van der Waals surface area (Å²) in [5.74, 6) is 4.67. The van der Waals surface area contributed by atoms with Crippen LogP contribution in [-0.2, 0) is 17.7 Å². The maximum Gasteiger partial charge on any atom is 0.231 e. The van der Waals surface area contributed by atoms with Crippen LogP contribution in [0.2, 0.25) is 0 Å². The highest BCUT2D eigenvalue weighted by molar-refractivity contribution is 5.44. The molecule has 26 heavy (non-hydrogen) atoms. The van der Waals surface area contributed by atoms with Gasteiger partial charge in [0.25, 0.3) is 0 Å². The molecule has 4 heterocycles. The second-order valence-electron chi connectivity index (χ2n) is 7.55. The number of piperidine rings is 1. The maximum absolute atomic E-state index is 6.12. The molecule has 0 unspecified atom stereocenters. The predicted molar refractivity (Wildman–Crippen MR) is 94.0 cm³/mol. The van der Waals surface area contributed by atoms with E-state index in [1.54, 1.807) is 0 Å². The van der Waals surface area contributed by atoms with Crippen LogP contribution in [0, 0.1) is 18.8 Å². The molecule has 1 aromatic carbocycles. The number of ether oxygens (including phenoxy) is 3. The van der Waals surface area contributed by atoms with Crippen molar-refractivity contribution in [3.63, 3.8) is 0 Å². The van der Waals surface area contributed by atoms with E-state index < -0.39 is 0 Å². The van der Waals surface area contributed by atoms with Gasteiger partial charge < -0.3 is 14.2 Å². The summed E-state index contributed by atoms with van der Waals surface area (Å²) in [6.07, 6.45) is 2.24. The first kappa shape index (κ1) is 16.1. The number of hydrogen-bond donors (Lipinski definition) is 1. The SMILES string of the molecule is Cc1nc(C[C@@H]2OC[C@H]3CN(Cc4ccc5c(c4)OCO5)CC[C@H]32)n[nH]1. The first-order valence-electron chi connectivity index (χ1n) is 9.35. The number of aromatic amines is 1. The molecule has 2 saturated heterocycles. The summed E-state index contributed by atoms with van der Waals surface area (Å²) in [4.78, 5) is 6.96. The summed E-state index contributed by atoms with van der Waals surface area (Å²) in [5, 5.41) is 7.19. The lowest BCUT2D eigenvalue weighted by Gasteiger charge is -2.35. The van der Waals surface area contributed by atoms with Crippen molar-refractivity contribution in [3.05, 3.63) is 35.4 Å². The van der Waals surface area contributed by atoms with Gasteiger partial charge >= 0.3 is 0 Å². The van der Waals surface area contributed by atoms with Crippen molar-refractivity contribution in [2.75, 3.05) is 26.5 Å². The van der Waals surface area contributed by atoms with Crippen LogP contribution in [0.1, 0.15) is 23.6 Å². The van der Waals surface area contributed by atoms with Gasteiger partial charge in [-0.2, -0.15) is 5.10 Å². The Labute approximate surface area is 152 Å². The number of nitrogens with zero attached hydrogens (tertiary/aromatic N) is 3. The minimum Gasteiger partial charge on any atom is -0.454 e. The number of nitrogens with one attached hydrogen (secondary N) is 1. The molecule has 1 N–H and O–H groups in total. The molecule has 2 aromatic rings. The normalized spacial score (nSPS) is 27.7. The van der Waals surface area contributed by atoms with Gasteiger partial charge in [-0.1, -0.05) is 6.07 Å². The van der Waals surface area contributed by atoms with Gasteiger partial charge in [-0.05, 0) is 43.5 Å². The van der Waals surface area contributed by atoms with Gasteiger partial charge in [-0.15, -0.1) is 0 Å². The smallest absolute Gasteiger partial charge is 0.231 e. The van der Waals surface area contributed by atoms with Gasteiger partial charge in [-0.3, -0.25) is 10.00 Å². The molecule has 3 atom stereocenters. The Morgan fingerprint density at radius 1 is 1.27 bits per heavy atom. The summed E-state index contributed by atoms with van der Waals surface area (Å²) in [5.41, 5.74) is 1.28. The lowest BCUT2D eigenvalue weighted by molar-refractivity contribution is 0.0834. The summed E-state index contributed by atoms with van der Waals surface area (Å²) in [7, 11) is 0. The van der Waals surface area contributed by atoms with Crippen molar-refractivity contribution in [1.29, 1.82) is 0 Å². The lowest BCUT2D eigenvalue weighted by atomic mass is 9.83. The fourth-order valence-electron chi connectivity index (χ4n) is 4.47. The van der Waals surface area contributed by atoms with E-state index in [0.717, 1.165) is 55.8 Å². The van der Waals surface area contributed by atoms with Gasteiger partial charge in [-0.25, -0.2) is 4.98 Å². The topological polar surface area (TPSA) is 72.5 Å². The van der Waals surface area contributed by atoms with E-state index >= 15 is 0 Å². The van der Waals surface area contributed by atoms with Crippen LogP contribution in [0.25, 0.3) is 0 Å². The molecule has 7 nitrogen and oxygen atoms in total. The molecule has 0 saturated carbocycles. The van der Waals surface area contributed by atoms with Crippen LogP contribution in [0.3, 0.4) is 0 Å². The van der Waals surface area contributed by atoms with Crippen molar-refractivity contribution in [1.82, 2.24) is 20.1 Å². The van der Waals surface area contributed by atoms with Gasteiger partial charge in [0.1, 0.15) is 5.82 Å². The molecule has 0 amide bonds. The maximum atomic E-state index is 6.12. The second kappa shape index (κ2) is 6.55. The van der Waals surface area contributed by atoms with Crippen molar-refractivity contribution in [2.24, 2.45) is 11.8 Å². The molecule has 0 spiro atoms. The number of likely N-dealkylation sites (tertiary alicyclic amines) is 1. The van der Waals surface area contributed by atoms with E-state index in [9.17, 15) is 0 Å². The lowest BCUT2D eigenvalue weighted by Crippen LogP contribution is -2.41. The zero-order valence-electron chi connectivity index (χ0n) is 15.0. The summed E-state index contributed by atoms with van der Waals surface area (Å²) < 4.78 is 17.0. The zero-order chi connectivity index (χ0) is 17.5. The van der Waals surface area contributed by atoms with Crippen molar-refractivity contribution in [2.45, 2.75) is 32.4 Å².